The first-order valence-electron chi connectivity index (χ1n) is 5.87. The first-order chi connectivity index (χ1) is 8.93. The van der Waals surface area contributed by atoms with E-state index in [1.807, 2.05) is 13.8 Å². The molecule has 0 aliphatic carbocycles. The van der Waals surface area contributed by atoms with E-state index < -0.39 is 10.0 Å². The van der Waals surface area contributed by atoms with Crippen molar-refractivity contribution in [2.45, 2.75) is 31.0 Å². The fraction of sp³-hybridized carbons (Fsp3) is 0.600. The van der Waals surface area contributed by atoms with Crippen LogP contribution in [0.4, 0.5) is 5.95 Å². The van der Waals surface area contributed by atoms with E-state index in [1.54, 1.807) is 0 Å². The predicted molar refractivity (Wildman–Crippen MR) is 68.6 cm³/mol. The lowest BCUT2D eigenvalue weighted by Crippen LogP contribution is -2.48. The standard InChI is InChI=1S/C10H17N5O3S/c1-7-5-15(6-8(2)18-7)19(16,17)9-3-12-10(14-11)13-4-9/h3-4,7-8H,5-6,11H2,1-2H3,(H,12,13,14). The van der Waals surface area contributed by atoms with Gasteiger partial charge in [-0.15, -0.1) is 0 Å². The van der Waals surface area contributed by atoms with Crippen LogP contribution in [-0.4, -0.2) is 48.0 Å². The Bertz CT molecular complexity index is 523. The summed E-state index contributed by atoms with van der Waals surface area (Å²) in [5, 5.41) is 0. The molecule has 1 aliphatic heterocycles. The first-order valence-corrected chi connectivity index (χ1v) is 7.31. The second-order valence-electron chi connectivity index (χ2n) is 4.47. The number of ether oxygens (including phenoxy) is 1. The molecule has 0 amide bonds. The summed E-state index contributed by atoms with van der Waals surface area (Å²) in [4.78, 5) is 7.67. The number of morpholine rings is 1. The lowest BCUT2D eigenvalue weighted by atomic mass is 10.3. The van der Waals surface area contributed by atoms with Gasteiger partial charge in [0, 0.05) is 13.1 Å². The Labute approximate surface area is 112 Å². The van der Waals surface area contributed by atoms with Crippen molar-refractivity contribution < 1.29 is 13.2 Å². The molecular formula is C10H17N5O3S. The third kappa shape index (κ3) is 3.00. The zero-order valence-corrected chi connectivity index (χ0v) is 11.6. The predicted octanol–water partition coefficient (Wildman–Crippen LogP) is -0.440. The summed E-state index contributed by atoms with van der Waals surface area (Å²) in [5.41, 5.74) is 2.25. The Kier molecular flexibility index (Phi) is 3.99. The second kappa shape index (κ2) is 5.37. The number of hydrogen-bond acceptors (Lipinski definition) is 7. The number of anilines is 1. The van der Waals surface area contributed by atoms with E-state index in [1.165, 1.54) is 16.7 Å². The minimum Gasteiger partial charge on any atom is -0.373 e. The smallest absolute Gasteiger partial charge is 0.246 e. The second-order valence-corrected chi connectivity index (χ2v) is 6.40. The molecule has 0 aromatic carbocycles. The largest absolute Gasteiger partial charge is 0.373 e. The number of nitrogen functional groups attached to an aromatic ring is 1. The number of sulfonamides is 1. The highest BCUT2D eigenvalue weighted by atomic mass is 32.2. The van der Waals surface area contributed by atoms with Crippen LogP contribution in [0, 0.1) is 0 Å². The molecule has 9 heteroatoms. The number of rotatable bonds is 3. The van der Waals surface area contributed by atoms with E-state index in [0.29, 0.717) is 13.1 Å². The van der Waals surface area contributed by atoms with Crippen molar-refractivity contribution in [3.8, 4) is 0 Å². The van der Waals surface area contributed by atoms with Crippen molar-refractivity contribution in [2.75, 3.05) is 18.5 Å². The van der Waals surface area contributed by atoms with E-state index in [0.717, 1.165) is 0 Å². The lowest BCUT2D eigenvalue weighted by Gasteiger charge is -2.34. The maximum atomic E-state index is 12.4. The zero-order valence-electron chi connectivity index (χ0n) is 10.8. The van der Waals surface area contributed by atoms with E-state index in [4.69, 9.17) is 10.6 Å². The van der Waals surface area contributed by atoms with Crippen molar-refractivity contribution in [1.82, 2.24) is 14.3 Å². The third-order valence-electron chi connectivity index (χ3n) is 2.78. The van der Waals surface area contributed by atoms with Crippen LogP contribution in [0.25, 0.3) is 0 Å². The molecule has 2 atom stereocenters. The summed E-state index contributed by atoms with van der Waals surface area (Å²) >= 11 is 0. The molecule has 2 rings (SSSR count). The van der Waals surface area contributed by atoms with Crippen molar-refractivity contribution >= 4 is 16.0 Å². The van der Waals surface area contributed by atoms with E-state index in [2.05, 4.69) is 15.4 Å². The maximum absolute atomic E-state index is 12.4. The summed E-state index contributed by atoms with van der Waals surface area (Å²) in [7, 11) is -3.59. The molecular weight excluding hydrogens is 270 g/mol. The van der Waals surface area contributed by atoms with Gasteiger partial charge >= 0.3 is 0 Å². The third-order valence-corrected chi connectivity index (χ3v) is 4.57. The summed E-state index contributed by atoms with van der Waals surface area (Å²) in [6.07, 6.45) is 2.21. The van der Waals surface area contributed by atoms with Crippen LogP contribution in [0.2, 0.25) is 0 Å². The number of nitrogens with zero attached hydrogens (tertiary/aromatic N) is 3. The molecule has 2 heterocycles. The minimum absolute atomic E-state index is 0.0489. The van der Waals surface area contributed by atoms with Gasteiger partial charge in [-0.3, -0.25) is 5.43 Å². The van der Waals surface area contributed by atoms with Gasteiger partial charge in [-0.05, 0) is 13.8 Å². The monoisotopic (exact) mass is 287 g/mol. The molecule has 3 N–H and O–H groups in total. The molecule has 2 unspecified atom stereocenters. The lowest BCUT2D eigenvalue weighted by molar-refractivity contribution is -0.0440. The van der Waals surface area contributed by atoms with Crippen LogP contribution < -0.4 is 11.3 Å². The molecule has 8 nitrogen and oxygen atoms in total. The van der Waals surface area contributed by atoms with Crippen LogP contribution >= 0.6 is 0 Å². The number of nitrogens with two attached hydrogens (primary N) is 1. The van der Waals surface area contributed by atoms with E-state index in [9.17, 15) is 8.42 Å². The highest BCUT2D eigenvalue weighted by Crippen LogP contribution is 2.20. The maximum Gasteiger partial charge on any atom is 0.246 e. The van der Waals surface area contributed by atoms with Gasteiger partial charge in [0.05, 0.1) is 24.6 Å². The summed E-state index contributed by atoms with van der Waals surface area (Å²) in [5.74, 6) is 5.31. The van der Waals surface area contributed by atoms with Crippen LogP contribution in [0.3, 0.4) is 0 Å². The molecule has 0 spiro atoms. The van der Waals surface area contributed by atoms with Crippen molar-refractivity contribution in [3.05, 3.63) is 12.4 Å². The number of aromatic nitrogens is 2. The number of nitrogens with one attached hydrogen (secondary N) is 1. The Morgan fingerprint density at radius 1 is 1.32 bits per heavy atom. The average Bonchev–Trinajstić information content (AvgIpc) is 2.37. The molecule has 19 heavy (non-hydrogen) atoms. The van der Waals surface area contributed by atoms with E-state index >= 15 is 0 Å². The molecule has 0 radical (unpaired) electrons. The van der Waals surface area contributed by atoms with Gasteiger partial charge in [-0.25, -0.2) is 24.2 Å². The molecule has 106 valence electrons. The van der Waals surface area contributed by atoms with Crippen LogP contribution in [-0.2, 0) is 14.8 Å². The van der Waals surface area contributed by atoms with Crippen molar-refractivity contribution in [3.63, 3.8) is 0 Å². The summed E-state index contributed by atoms with van der Waals surface area (Å²) in [6.45, 7) is 4.33. The molecule has 1 fully saturated rings. The molecule has 1 aromatic heterocycles. The Hall–Kier alpha value is -1.29. The Morgan fingerprint density at radius 2 is 1.84 bits per heavy atom. The van der Waals surface area contributed by atoms with Gasteiger partial charge in [-0.2, -0.15) is 4.31 Å². The quantitative estimate of drug-likeness (QED) is 0.572. The fourth-order valence-corrected chi connectivity index (χ4v) is 3.48. The SMILES string of the molecule is CC1CN(S(=O)(=O)c2cnc(NN)nc2)CC(C)O1. The summed E-state index contributed by atoms with van der Waals surface area (Å²) < 4.78 is 31.7. The number of hydrogen-bond donors (Lipinski definition) is 2. The first kappa shape index (κ1) is 14.1. The highest BCUT2D eigenvalue weighted by Gasteiger charge is 2.32. The van der Waals surface area contributed by atoms with Gasteiger partial charge in [0.25, 0.3) is 0 Å². The Balaban J connectivity index is 2.25. The van der Waals surface area contributed by atoms with Crippen molar-refractivity contribution in [2.24, 2.45) is 5.84 Å². The molecule has 1 aliphatic rings. The fourth-order valence-electron chi connectivity index (χ4n) is 2.00. The van der Waals surface area contributed by atoms with Crippen LogP contribution in [0.5, 0.6) is 0 Å². The highest BCUT2D eigenvalue weighted by molar-refractivity contribution is 7.89. The van der Waals surface area contributed by atoms with Crippen molar-refractivity contribution in [1.29, 1.82) is 0 Å². The minimum atomic E-state index is -3.59. The molecule has 1 aromatic rings. The van der Waals surface area contributed by atoms with E-state index in [-0.39, 0.29) is 23.1 Å². The van der Waals surface area contributed by atoms with Crippen LogP contribution in [0.15, 0.2) is 17.3 Å². The zero-order chi connectivity index (χ0) is 14.0. The molecule has 1 saturated heterocycles. The topological polar surface area (TPSA) is 110 Å². The molecule has 0 saturated carbocycles. The van der Waals surface area contributed by atoms with Gasteiger partial charge < -0.3 is 4.74 Å². The van der Waals surface area contributed by atoms with Gasteiger partial charge in [0.15, 0.2) is 0 Å². The number of hydrazine groups is 1. The van der Waals surface area contributed by atoms with Gasteiger partial charge in [0.1, 0.15) is 4.90 Å². The molecule has 0 bridgehead atoms. The van der Waals surface area contributed by atoms with Gasteiger partial charge in [-0.1, -0.05) is 0 Å². The summed E-state index contributed by atoms with van der Waals surface area (Å²) in [6, 6.07) is 0. The van der Waals surface area contributed by atoms with Crippen LogP contribution in [0.1, 0.15) is 13.8 Å². The normalized spacial score (nSPS) is 25.2. The van der Waals surface area contributed by atoms with Gasteiger partial charge in [0.2, 0.25) is 16.0 Å². The average molecular weight is 287 g/mol. The Morgan fingerprint density at radius 3 is 2.32 bits per heavy atom.